The molecule has 0 spiro atoms. The quantitative estimate of drug-likeness (QED) is 0.821. The van der Waals surface area contributed by atoms with Gasteiger partial charge in [0.05, 0.1) is 17.1 Å². The summed E-state index contributed by atoms with van der Waals surface area (Å²) in [4.78, 5) is 22.9. The van der Waals surface area contributed by atoms with Gasteiger partial charge in [0.25, 0.3) is 11.1 Å². The number of nitrogens with one attached hydrogen (secondary N) is 1. The smallest absolute Gasteiger partial charge is 0.290 e. The summed E-state index contributed by atoms with van der Waals surface area (Å²) < 4.78 is 18.7. The van der Waals surface area contributed by atoms with Crippen molar-refractivity contribution in [3.63, 3.8) is 0 Å². The SMILES string of the molecule is O=C1NC(=O)/C(=C/C2CCC(c3ccc(F)cc3O)O2)S1. The van der Waals surface area contributed by atoms with Gasteiger partial charge in [-0.3, -0.25) is 14.9 Å². The molecule has 7 heteroatoms. The Morgan fingerprint density at radius 3 is 2.86 bits per heavy atom. The Morgan fingerprint density at radius 2 is 2.19 bits per heavy atom. The second-order valence-electron chi connectivity index (χ2n) is 4.82. The molecule has 5 nitrogen and oxygen atoms in total. The molecule has 1 aromatic rings. The topological polar surface area (TPSA) is 75.6 Å². The third-order valence-corrected chi connectivity index (χ3v) is 4.20. The molecule has 2 unspecified atom stereocenters. The van der Waals surface area contributed by atoms with Crippen LogP contribution in [0.4, 0.5) is 9.18 Å². The van der Waals surface area contributed by atoms with Crippen molar-refractivity contribution in [1.29, 1.82) is 0 Å². The van der Waals surface area contributed by atoms with Gasteiger partial charge < -0.3 is 9.84 Å². The van der Waals surface area contributed by atoms with Crippen LogP contribution in [0.1, 0.15) is 24.5 Å². The molecule has 3 rings (SSSR count). The second-order valence-corrected chi connectivity index (χ2v) is 5.83. The van der Waals surface area contributed by atoms with Crippen LogP contribution in [0.15, 0.2) is 29.2 Å². The fraction of sp³-hybridized carbons (Fsp3) is 0.286. The lowest BCUT2D eigenvalue weighted by Gasteiger charge is -2.13. The van der Waals surface area contributed by atoms with Gasteiger partial charge in [-0.05, 0) is 42.8 Å². The van der Waals surface area contributed by atoms with Gasteiger partial charge >= 0.3 is 0 Å². The van der Waals surface area contributed by atoms with Crippen LogP contribution in [0, 0.1) is 5.82 Å². The van der Waals surface area contributed by atoms with Crippen molar-refractivity contribution in [2.75, 3.05) is 0 Å². The Balaban J connectivity index is 1.72. The monoisotopic (exact) mass is 309 g/mol. The molecule has 0 saturated carbocycles. The lowest BCUT2D eigenvalue weighted by molar-refractivity contribution is -0.115. The Morgan fingerprint density at radius 1 is 1.38 bits per heavy atom. The van der Waals surface area contributed by atoms with Gasteiger partial charge in [0.15, 0.2) is 0 Å². The molecule has 21 heavy (non-hydrogen) atoms. The summed E-state index contributed by atoms with van der Waals surface area (Å²) in [5.41, 5.74) is 0.525. The summed E-state index contributed by atoms with van der Waals surface area (Å²) in [5.74, 6) is -1.07. The van der Waals surface area contributed by atoms with E-state index in [1.807, 2.05) is 0 Å². The van der Waals surface area contributed by atoms with Crippen LogP contribution in [0.3, 0.4) is 0 Å². The lowest BCUT2D eigenvalue weighted by Crippen LogP contribution is -2.18. The van der Waals surface area contributed by atoms with Gasteiger partial charge in [0.2, 0.25) is 0 Å². The first-order chi connectivity index (χ1) is 10.0. The number of ether oxygens (including phenoxy) is 1. The number of halogens is 1. The summed E-state index contributed by atoms with van der Waals surface area (Å²) >= 11 is 0.845. The van der Waals surface area contributed by atoms with E-state index in [2.05, 4.69) is 5.32 Å². The number of rotatable bonds is 2. The third-order valence-electron chi connectivity index (χ3n) is 3.37. The van der Waals surface area contributed by atoms with E-state index in [4.69, 9.17) is 4.74 Å². The number of imide groups is 1. The molecule has 0 radical (unpaired) electrons. The summed E-state index contributed by atoms with van der Waals surface area (Å²) in [7, 11) is 0. The number of carbonyl (C=O) groups is 2. The highest BCUT2D eigenvalue weighted by Gasteiger charge is 2.31. The Kier molecular flexibility index (Phi) is 3.69. The van der Waals surface area contributed by atoms with Crippen LogP contribution in [-0.2, 0) is 9.53 Å². The van der Waals surface area contributed by atoms with Gasteiger partial charge in [-0.2, -0.15) is 0 Å². The van der Waals surface area contributed by atoms with E-state index >= 15 is 0 Å². The minimum absolute atomic E-state index is 0.142. The van der Waals surface area contributed by atoms with Crippen LogP contribution in [0.2, 0.25) is 0 Å². The molecule has 0 bridgehead atoms. The van der Waals surface area contributed by atoms with Crippen LogP contribution >= 0.6 is 11.8 Å². The molecular formula is C14H12FNO4S. The van der Waals surface area contributed by atoms with Crippen molar-refractivity contribution >= 4 is 22.9 Å². The van der Waals surface area contributed by atoms with Crippen molar-refractivity contribution in [1.82, 2.24) is 5.32 Å². The predicted molar refractivity (Wildman–Crippen MR) is 74.1 cm³/mol. The fourth-order valence-corrected chi connectivity index (χ4v) is 3.11. The zero-order valence-corrected chi connectivity index (χ0v) is 11.7. The molecule has 2 N–H and O–H groups in total. The van der Waals surface area contributed by atoms with Crippen molar-refractivity contribution in [2.24, 2.45) is 0 Å². The van der Waals surface area contributed by atoms with Gasteiger partial charge in [-0.1, -0.05) is 0 Å². The number of benzene rings is 1. The summed E-state index contributed by atoms with van der Waals surface area (Å²) in [6, 6.07) is 3.80. The summed E-state index contributed by atoms with van der Waals surface area (Å²) in [5, 5.41) is 11.5. The average Bonchev–Trinajstić information content (AvgIpc) is 2.97. The number of phenolic OH excluding ortho intramolecular Hbond substituents is 1. The van der Waals surface area contributed by atoms with Crippen molar-refractivity contribution in [3.05, 3.63) is 40.6 Å². The summed E-state index contributed by atoms with van der Waals surface area (Å²) in [6.45, 7) is 0. The molecule has 2 aliphatic rings. The van der Waals surface area contributed by atoms with E-state index in [-0.39, 0.29) is 18.0 Å². The molecule has 0 aromatic heterocycles. The molecule has 110 valence electrons. The van der Waals surface area contributed by atoms with Gasteiger partial charge in [0, 0.05) is 11.6 Å². The number of phenols is 1. The highest BCUT2D eigenvalue weighted by atomic mass is 32.2. The second kappa shape index (κ2) is 5.50. The Labute approximate surface area is 124 Å². The number of hydrogen-bond acceptors (Lipinski definition) is 5. The predicted octanol–water partition coefficient (Wildman–Crippen LogP) is 2.62. The van der Waals surface area contributed by atoms with Crippen LogP contribution in [0.5, 0.6) is 5.75 Å². The van der Waals surface area contributed by atoms with Gasteiger partial charge in [0.1, 0.15) is 11.6 Å². The molecule has 1 aromatic carbocycles. The largest absolute Gasteiger partial charge is 0.507 e. The number of aromatic hydroxyl groups is 1. The maximum atomic E-state index is 13.0. The molecule has 2 aliphatic heterocycles. The zero-order valence-electron chi connectivity index (χ0n) is 10.8. The van der Waals surface area contributed by atoms with Crippen molar-refractivity contribution < 1.29 is 23.8 Å². The highest BCUT2D eigenvalue weighted by Crippen LogP contribution is 2.38. The average molecular weight is 309 g/mol. The first kappa shape index (κ1) is 14.1. The first-order valence-electron chi connectivity index (χ1n) is 6.42. The molecular weight excluding hydrogens is 297 g/mol. The molecule has 2 heterocycles. The number of hydrogen-bond donors (Lipinski definition) is 2. The van der Waals surface area contributed by atoms with Crippen LogP contribution in [-0.4, -0.2) is 22.4 Å². The van der Waals surface area contributed by atoms with Gasteiger partial charge in [-0.15, -0.1) is 0 Å². The lowest BCUT2D eigenvalue weighted by atomic mass is 10.0. The standard InChI is InChI=1S/C14H12FNO4S/c15-7-1-3-9(10(17)5-7)11-4-2-8(20-11)6-12-13(18)16-14(19)21-12/h1,3,5-6,8,11,17H,2,4H2,(H,16,18,19)/b12-6-. The molecule has 2 saturated heterocycles. The van der Waals surface area contributed by atoms with Crippen LogP contribution < -0.4 is 5.32 Å². The number of thioether (sulfide) groups is 1. The fourth-order valence-electron chi connectivity index (χ4n) is 2.41. The van der Waals surface area contributed by atoms with E-state index < -0.39 is 17.0 Å². The molecule has 2 atom stereocenters. The molecule has 2 fully saturated rings. The maximum Gasteiger partial charge on any atom is 0.290 e. The number of carbonyl (C=O) groups excluding carboxylic acids is 2. The highest BCUT2D eigenvalue weighted by molar-refractivity contribution is 8.18. The normalized spacial score (nSPS) is 27.4. The van der Waals surface area contributed by atoms with Gasteiger partial charge in [-0.25, -0.2) is 4.39 Å². The first-order valence-corrected chi connectivity index (χ1v) is 7.23. The zero-order chi connectivity index (χ0) is 15.0. The minimum Gasteiger partial charge on any atom is -0.507 e. The summed E-state index contributed by atoms with van der Waals surface area (Å²) in [6.07, 6.45) is 2.27. The van der Waals surface area contributed by atoms with E-state index in [0.29, 0.717) is 23.3 Å². The van der Waals surface area contributed by atoms with E-state index in [1.165, 1.54) is 12.1 Å². The van der Waals surface area contributed by atoms with E-state index in [0.717, 1.165) is 17.8 Å². The Hall–Kier alpha value is -1.86. The van der Waals surface area contributed by atoms with Crippen molar-refractivity contribution in [2.45, 2.75) is 25.0 Å². The Bertz CT molecular complexity index is 646. The maximum absolute atomic E-state index is 13.0. The van der Waals surface area contributed by atoms with E-state index in [1.54, 1.807) is 6.08 Å². The minimum atomic E-state index is -0.509. The van der Waals surface area contributed by atoms with Crippen LogP contribution in [0.25, 0.3) is 0 Å². The molecule has 2 amide bonds. The van der Waals surface area contributed by atoms with Crippen molar-refractivity contribution in [3.8, 4) is 5.75 Å². The third kappa shape index (κ3) is 2.93. The van der Waals surface area contributed by atoms with E-state index in [9.17, 15) is 19.1 Å². The molecule has 0 aliphatic carbocycles. The number of amides is 2.